The highest BCUT2D eigenvalue weighted by molar-refractivity contribution is 7.89. The first-order chi connectivity index (χ1) is 17.8. The average molecular weight is 537 g/mol. The minimum Gasteiger partial charge on any atom is -0.423 e. The van der Waals surface area contributed by atoms with Gasteiger partial charge in [-0.25, -0.2) is 18.2 Å². The lowest BCUT2D eigenvalue weighted by Gasteiger charge is -2.31. The van der Waals surface area contributed by atoms with Crippen molar-refractivity contribution in [3.8, 4) is 5.75 Å². The van der Waals surface area contributed by atoms with Crippen LogP contribution in [0.15, 0.2) is 77.7 Å². The van der Waals surface area contributed by atoms with Gasteiger partial charge in [0.2, 0.25) is 10.0 Å². The van der Waals surface area contributed by atoms with Gasteiger partial charge in [-0.05, 0) is 49.0 Å². The number of aromatic nitrogens is 1. The van der Waals surface area contributed by atoms with Crippen molar-refractivity contribution in [2.75, 3.05) is 45.2 Å². The maximum Gasteiger partial charge on any atom is 0.343 e. The van der Waals surface area contributed by atoms with Crippen molar-refractivity contribution in [1.29, 1.82) is 0 Å². The van der Waals surface area contributed by atoms with Gasteiger partial charge in [0.15, 0.2) is 5.13 Å². The van der Waals surface area contributed by atoms with E-state index in [1.165, 1.54) is 35.6 Å². The molecule has 1 fully saturated rings. The molecule has 2 heterocycles. The normalized spacial score (nSPS) is 14.8. The Labute approximate surface area is 220 Å². The predicted octanol–water partition coefficient (Wildman–Crippen LogP) is 4.09. The third-order valence-corrected chi connectivity index (χ3v) is 9.28. The number of benzene rings is 3. The van der Waals surface area contributed by atoms with Crippen LogP contribution in [0.25, 0.3) is 10.2 Å². The van der Waals surface area contributed by atoms with E-state index in [-0.39, 0.29) is 17.0 Å². The van der Waals surface area contributed by atoms with Crippen molar-refractivity contribution in [2.45, 2.75) is 11.4 Å². The van der Waals surface area contributed by atoms with Crippen LogP contribution in [-0.4, -0.2) is 68.9 Å². The highest BCUT2D eigenvalue weighted by Gasteiger charge is 2.22. The summed E-state index contributed by atoms with van der Waals surface area (Å²) in [6, 6.07) is 20.6. The summed E-state index contributed by atoms with van der Waals surface area (Å²) in [6.45, 7) is 4.13. The van der Waals surface area contributed by atoms with Gasteiger partial charge in [0, 0.05) is 45.8 Å². The molecule has 5 rings (SSSR count). The summed E-state index contributed by atoms with van der Waals surface area (Å²) in [5.41, 5.74) is 2.03. The number of carbonyl (C=O) groups is 1. The molecule has 0 aliphatic carbocycles. The molecule has 0 amide bonds. The molecule has 192 valence electrons. The molecule has 0 bridgehead atoms. The zero-order chi connectivity index (χ0) is 26.0. The molecular weight excluding hydrogens is 508 g/mol. The van der Waals surface area contributed by atoms with E-state index in [2.05, 4.69) is 16.8 Å². The smallest absolute Gasteiger partial charge is 0.343 e. The Bertz CT molecular complexity index is 1500. The average Bonchev–Trinajstić information content (AvgIpc) is 3.33. The van der Waals surface area contributed by atoms with E-state index in [9.17, 15) is 13.2 Å². The Morgan fingerprint density at radius 3 is 2.41 bits per heavy atom. The second-order valence-corrected chi connectivity index (χ2v) is 12.1. The van der Waals surface area contributed by atoms with Crippen LogP contribution in [0.3, 0.4) is 0 Å². The maximum atomic E-state index is 13.0. The highest BCUT2D eigenvalue weighted by Crippen LogP contribution is 2.32. The van der Waals surface area contributed by atoms with Crippen LogP contribution in [0.5, 0.6) is 5.75 Å². The molecule has 1 saturated heterocycles. The first-order valence-corrected chi connectivity index (χ1v) is 14.2. The van der Waals surface area contributed by atoms with Gasteiger partial charge in [0.1, 0.15) is 5.75 Å². The van der Waals surface area contributed by atoms with Gasteiger partial charge in [0.25, 0.3) is 0 Å². The van der Waals surface area contributed by atoms with Crippen LogP contribution in [0, 0.1) is 0 Å². The number of rotatable bonds is 7. The van der Waals surface area contributed by atoms with E-state index in [4.69, 9.17) is 9.72 Å². The van der Waals surface area contributed by atoms with Crippen LogP contribution >= 0.6 is 11.3 Å². The monoisotopic (exact) mass is 536 g/mol. The van der Waals surface area contributed by atoms with Gasteiger partial charge in [-0.2, -0.15) is 4.31 Å². The zero-order valence-electron chi connectivity index (χ0n) is 20.7. The molecule has 0 atom stereocenters. The van der Waals surface area contributed by atoms with E-state index in [1.54, 1.807) is 17.4 Å². The molecular formula is C27H28N4O4S2. The largest absolute Gasteiger partial charge is 0.423 e. The molecule has 10 heteroatoms. The van der Waals surface area contributed by atoms with Crippen LogP contribution < -0.4 is 9.64 Å². The van der Waals surface area contributed by atoms with Gasteiger partial charge in [-0.1, -0.05) is 41.7 Å². The summed E-state index contributed by atoms with van der Waals surface area (Å²) in [5.74, 6) is -0.130. The number of esters is 1. The van der Waals surface area contributed by atoms with Crippen molar-refractivity contribution >= 4 is 42.7 Å². The zero-order valence-corrected chi connectivity index (χ0v) is 22.3. The fraction of sp³-hybridized carbons (Fsp3) is 0.259. The lowest BCUT2D eigenvalue weighted by Crippen LogP contribution is -2.44. The Morgan fingerprint density at radius 1 is 1.00 bits per heavy atom. The van der Waals surface area contributed by atoms with Gasteiger partial charge < -0.3 is 14.5 Å². The van der Waals surface area contributed by atoms with E-state index in [0.717, 1.165) is 47.1 Å². The van der Waals surface area contributed by atoms with Gasteiger partial charge in [-0.3, -0.25) is 0 Å². The molecule has 1 aromatic heterocycles. The minimum atomic E-state index is -3.70. The Morgan fingerprint density at radius 2 is 1.70 bits per heavy atom. The number of hydrogen-bond donors (Lipinski definition) is 0. The Kier molecular flexibility index (Phi) is 7.25. The van der Waals surface area contributed by atoms with Crippen molar-refractivity contribution in [2.24, 2.45) is 0 Å². The SMILES string of the molecule is CN1CCN(c2nc3ccc(OC(=O)c4ccc(S(=O)(=O)N(C)Cc5ccccc5)cc4)cc3s2)CC1. The number of carbonyl (C=O) groups excluding carboxylic acids is 1. The van der Waals surface area contributed by atoms with Crippen LogP contribution in [0.1, 0.15) is 15.9 Å². The third kappa shape index (κ3) is 5.67. The second-order valence-electron chi connectivity index (χ2n) is 9.08. The molecule has 0 N–H and O–H groups in total. The molecule has 4 aromatic rings. The van der Waals surface area contributed by atoms with Crippen molar-refractivity contribution in [1.82, 2.24) is 14.2 Å². The summed E-state index contributed by atoms with van der Waals surface area (Å²) in [7, 11) is -0.0487. The van der Waals surface area contributed by atoms with Crippen molar-refractivity contribution < 1.29 is 17.9 Å². The number of sulfonamides is 1. The molecule has 1 aliphatic rings. The summed E-state index contributed by atoms with van der Waals surface area (Å²) < 4.78 is 33.8. The number of nitrogens with zero attached hydrogens (tertiary/aromatic N) is 4. The Hall–Kier alpha value is -3.31. The molecule has 1 aliphatic heterocycles. The van der Waals surface area contributed by atoms with E-state index < -0.39 is 16.0 Å². The highest BCUT2D eigenvalue weighted by atomic mass is 32.2. The number of ether oxygens (including phenoxy) is 1. The lowest BCUT2D eigenvalue weighted by atomic mass is 10.2. The summed E-state index contributed by atoms with van der Waals surface area (Å²) in [4.78, 5) is 22.2. The maximum absolute atomic E-state index is 13.0. The molecule has 8 nitrogen and oxygen atoms in total. The summed E-state index contributed by atoms with van der Waals surface area (Å²) in [6.07, 6.45) is 0. The van der Waals surface area contributed by atoms with Gasteiger partial charge >= 0.3 is 5.97 Å². The quantitative estimate of drug-likeness (QED) is 0.260. The van der Waals surface area contributed by atoms with Crippen LogP contribution in [0.4, 0.5) is 5.13 Å². The lowest BCUT2D eigenvalue weighted by molar-refractivity contribution is 0.0735. The number of piperazine rings is 1. The molecule has 37 heavy (non-hydrogen) atoms. The third-order valence-electron chi connectivity index (χ3n) is 6.38. The van der Waals surface area contributed by atoms with E-state index in [0.29, 0.717) is 5.75 Å². The molecule has 0 unspecified atom stereocenters. The van der Waals surface area contributed by atoms with Crippen LogP contribution in [0.2, 0.25) is 0 Å². The number of hydrogen-bond acceptors (Lipinski definition) is 8. The summed E-state index contributed by atoms with van der Waals surface area (Å²) >= 11 is 1.58. The van der Waals surface area contributed by atoms with E-state index >= 15 is 0 Å². The number of thiazole rings is 1. The minimum absolute atomic E-state index is 0.116. The van der Waals surface area contributed by atoms with Crippen LogP contribution in [-0.2, 0) is 16.6 Å². The first-order valence-electron chi connectivity index (χ1n) is 12.0. The Balaban J connectivity index is 1.26. The fourth-order valence-electron chi connectivity index (χ4n) is 4.12. The first kappa shape index (κ1) is 25.3. The topological polar surface area (TPSA) is 83.0 Å². The standard InChI is InChI=1S/C27H28N4O4S2/c1-29-14-16-31(17-15-29)27-28-24-13-10-22(18-25(24)36-27)35-26(32)21-8-11-23(12-9-21)37(33,34)30(2)19-20-6-4-3-5-7-20/h3-13,18H,14-17,19H2,1-2H3. The molecule has 0 saturated carbocycles. The number of anilines is 1. The second kappa shape index (κ2) is 10.6. The van der Waals surface area contributed by atoms with Gasteiger partial charge in [-0.15, -0.1) is 0 Å². The molecule has 3 aromatic carbocycles. The summed E-state index contributed by atoms with van der Waals surface area (Å²) in [5, 5.41) is 0.973. The predicted molar refractivity (Wildman–Crippen MR) is 146 cm³/mol. The van der Waals surface area contributed by atoms with Crippen molar-refractivity contribution in [3.05, 3.63) is 83.9 Å². The number of fused-ring (bicyclic) bond motifs is 1. The number of likely N-dealkylation sites (N-methyl/N-ethyl adjacent to an activating group) is 1. The fourth-order valence-corrected chi connectivity index (χ4v) is 6.33. The van der Waals surface area contributed by atoms with Crippen molar-refractivity contribution in [3.63, 3.8) is 0 Å². The molecule has 0 radical (unpaired) electrons. The van der Waals surface area contributed by atoms with E-state index in [1.807, 2.05) is 42.5 Å². The van der Waals surface area contributed by atoms with Gasteiger partial charge in [0.05, 0.1) is 20.7 Å². The molecule has 0 spiro atoms.